The van der Waals surface area contributed by atoms with Gasteiger partial charge in [0, 0.05) is 18.8 Å². The summed E-state index contributed by atoms with van der Waals surface area (Å²) in [5.41, 5.74) is 1.73. The Hall–Kier alpha value is -2.05. The number of hydrogen-bond acceptors (Lipinski definition) is 5. The number of methoxy groups -OCH3 is 1. The molecule has 0 aliphatic rings. The molecule has 0 heterocycles. The number of allylic oxidation sites excluding steroid dienone is 2. The van der Waals surface area contributed by atoms with Crippen LogP contribution in [0.3, 0.4) is 0 Å². The van der Waals surface area contributed by atoms with Crippen molar-refractivity contribution in [1.29, 1.82) is 0 Å². The molecular formula is C20H29NO4S. The van der Waals surface area contributed by atoms with Gasteiger partial charge in [0.15, 0.2) is 5.76 Å². The van der Waals surface area contributed by atoms with Crippen LogP contribution in [0.5, 0.6) is 0 Å². The van der Waals surface area contributed by atoms with Crippen LogP contribution in [0.2, 0.25) is 0 Å². The van der Waals surface area contributed by atoms with Gasteiger partial charge < -0.3 is 14.8 Å². The molecule has 0 fully saturated rings. The molecule has 0 bridgehead atoms. The molecule has 1 atom stereocenters. The first-order valence-electron chi connectivity index (χ1n) is 8.46. The monoisotopic (exact) mass is 379 g/mol. The van der Waals surface area contributed by atoms with Crippen molar-refractivity contribution in [3.8, 4) is 0 Å². The zero-order valence-corrected chi connectivity index (χ0v) is 16.8. The van der Waals surface area contributed by atoms with Gasteiger partial charge >= 0.3 is 0 Å². The molecule has 5 nitrogen and oxygen atoms in total. The van der Waals surface area contributed by atoms with Crippen LogP contribution in [0.1, 0.15) is 19.4 Å². The van der Waals surface area contributed by atoms with Crippen LogP contribution in [0, 0.1) is 0 Å². The second-order valence-electron chi connectivity index (χ2n) is 5.98. The Morgan fingerprint density at radius 3 is 2.46 bits per heavy atom. The van der Waals surface area contributed by atoms with E-state index in [0.717, 1.165) is 5.56 Å². The smallest absolute Gasteiger partial charge is 0.156 e. The van der Waals surface area contributed by atoms with Gasteiger partial charge in [-0.1, -0.05) is 43.0 Å². The first-order chi connectivity index (χ1) is 12.3. The lowest BCUT2D eigenvalue weighted by atomic mass is 10.1. The number of rotatable bonds is 11. The van der Waals surface area contributed by atoms with Gasteiger partial charge in [-0.3, -0.25) is 0 Å². The van der Waals surface area contributed by atoms with E-state index < -0.39 is 15.9 Å². The second kappa shape index (κ2) is 10.8. The number of benzene rings is 1. The summed E-state index contributed by atoms with van der Waals surface area (Å²) in [7, 11) is -1.60. The predicted octanol–water partition coefficient (Wildman–Crippen LogP) is 3.22. The van der Waals surface area contributed by atoms with Gasteiger partial charge in [0.1, 0.15) is 15.6 Å². The fourth-order valence-electron chi connectivity index (χ4n) is 2.35. The third kappa shape index (κ3) is 8.36. The number of hydrogen-bond donors (Lipinski definition) is 1. The lowest BCUT2D eigenvalue weighted by Gasteiger charge is -2.19. The highest BCUT2D eigenvalue weighted by Gasteiger charge is 2.17. The summed E-state index contributed by atoms with van der Waals surface area (Å²) in [6.07, 6.45) is 4.73. The fraction of sp³-hybridized carbons (Fsp3) is 0.400. The van der Waals surface area contributed by atoms with Gasteiger partial charge in [-0.2, -0.15) is 0 Å². The van der Waals surface area contributed by atoms with E-state index in [9.17, 15) is 8.42 Å². The minimum absolute atomic E-state index is 0.0283. The van der Waals surface area contributed by atoms with Gasteiger partial charge in [0.2, 0.25) is 0 Å². The Morgan fingerprint density at radius 2 is 1.92 bits per heavy atom. The highest BCUT2D eigenvalue weighted by Crippen LogP contribution is 2.12. The van der Waals surface area contributed by atoms with Crippen molar-refractivity contribution in [3.63, 3.8) is 0 Å². The second-order valence-corrected chi connectivity index (χ2v) is 8.16. The minimum Gasteiger partial charge on any atom is -0.495 e. The molecule has 0 saturated heterocycles. The average molecular weight is 380 g/mol. The van der Waals surface area contributed by atoms with Gasteiger partial charge in [-0.15, -0.1) is 0 Å². The summed E-state index contributed by atoms with van der Waals surface area (Å²) in [5.74, 6) is 1.21. The molecule has 0 unspecified atom stereocenters. The van der Waals surface area contributed by atoms with Crippen LogP contribution in [-0.2, 0) is 25.9 Å². The third-order valence-electron chi connectivity index (χ3n) is 3.69. The van der Waals surface area contributed by atoms with Crippen molar-refractivity contribution < 1.29 is 17.9 Å². The summed E-state index contributed by atoms with van der Waals surface area (Å²) in [4.78, 5) is 0. The van der Waals surface area contributed by atoms with Crippen LogP contribution in [0.4, 0.5) is 0 Å². The Bertz CT molecular complexity index is 736. The van der Waals surface area contributed by atoms with Crippen molar-refractivity contribution in [2.24, 2.45) is 0 Å². The molecule has 1 aromatic rings. The largest absolute Gasteiger partial charge is 0.495 e. The van der Waals surface area contributed by atoms with Crippen molar-refractivity contribution in [3.05, 3.63) is 71.7 Å². The minimum atomic E-state index is -3.17. The van der Waals surface area contributed by atoms with Gasteiger partial charge in [-0.25, -0.2) is 8.42 Å². The first kappa shape index (κ1) is 22.0. The highest BCUT2D eigenvalue weighted by molar-refractivity contribution is 7.90. The predicted molar refractivity (Wildman–Crippen MR) is 106 cm³/mol. The van der Waals surface area contributed by atoms with Crippen molar-refractivity contribution in [2.75, 3.05) is 25.7 Å². The summed E-state index contributed by atoms with van der Waals surface area (Å²) in [6, 6.07) is 9.42. The van der Waals surface area contributed by atoms with Crippen LogP contribution in [-0.4, -0.2) is 40.2 Å². The molecule has 0 aromatic heterocycles. The van der Waals surface area contributed by atoms with Crippen LogP contribution in [0.15, 0.2) is 66.2 Å². The molecule has 0 aliphatic heterocycles. The molecule has 1 N–H and O–H groups in total. The van der Waals surface area contributed by atoms with E-state index in [0.29, 0.717) is 30.2 Å². The number of nitrogens with one attached hydrogen (secondary N) is 1. The molecule has 0 saturated carbocycles. The molecule has 1 rings (SSSR count). The summed E-state index contributed by atoms with van der Waals surface area (Å²) < 4.78 is 34.3. The average Bonchev–Trinajstić information content (AvgIpc) is 2.59. The molecule has 26 heavy (non-hydrogen) atoms. The first-order valence-corrected chi connectivity index (χ1v) is 10.5. The Kier molecular flexibility index (Phi) is 9.16. The standard InChI is InChI=1S/C20H29NO4S/c1-6-25-17(3)20(24-4)13-12-16(2)19(15-26(5,22)23)21-14-18-10-8-7-9-11-18/h7-13,19,21H,2,6,14-15H2,1,3-5H3/b13-12-,20-17-/t19-/m1/s1. The van der Waals surface area contributed by atoms with Crippen molar-refractivity contribution in [1.82, 2.24) is 5.32 Å². The zero-order valence-electron chi connectivity index (χ0n) is 16.0. The molecule has 6 heteroatoms. The molecule has 0 radical (unpaired) electrons. The molecule has 144 valence electrons. The Morgan fingerprint density at radius 1 is 1.27 bits per heavy atom. The summed E-state index contributed by atoms with van der Waals surface area (Å²) in [5, 5.41) is 3.27. The molecule has 0 spiro atoms. The van der Waals surface area contributed by atoms with Crippen molar-refractivity contribution in [2.45, 2.75) is 26.4 Å². The lowest BCUT2D eigenvalue weighted by molar-refractivity contribution is 0.195. The van der Waals surface area contributed by atoms with E-state index in [1.165, 1.54) is 6.26 Å². The zero-order chi connectivity index (χ0) is 19.6. The number of ether oxygens (including phenoxy) is 2. The topological polar surface area (TPSA) is 64.6 Å². The molecular weight excluding hydrogens is 350 g/mol. The Labute approximate surface area is 157 Å². The third-order valence-corrected chi connectivity index (χ3v) is 4.63. The summed E-state index contributed by atoms with van der Waals surface area (Å²) >= 11 is 0. The van der Waals surface area contributed by atoms with Gasteiger partial charge in [0.05, 0.1) is 19.5 Å². The quantitative estimate of drug-likeness (QED) is 0.472. The maximum Gasteiger partial charge on any atom is 0.156 e. The van der Waals surface area contributed by atoms with E-state index in [2.05, 4.69) is 11.9 Å². The molecule has 0 amide bonds. The normalized spacial score (nSPS) is 14.0. The SMILES string of the molecule is C=C(/C=C\C(OC)=C(/C)OCC)[C@@H](CS(C)(=O)=O)NCc1ccccc1. The van der Waals surface area contributed by atoms with E-state index in [4.69, 9.17) is 9.47 Å². The Balaban J connectivity index is 2.89. The van der Waals surface area contributed by atoms with Crippen molar-refractivity contribution >= 4 is 9.84 Å². The van der Waals surface area contributed by atoms with E-state index in [-0.39, 0.29) is 5.75 Å². The lowest BCUT2D eigenvalue weighted by Crippen LogP contribution is -2.36. The van der Waals surface area contributed by atoms with Gasteiger partial charge in [-0.05, 0) is 31.1 Å². The summed E-state index contributed by atoms with van der Waals surface area (Å²) in [6.45, 7) is 8.84. The van der Waals surface area contributed by atoms with E-state index >= 15 is 0 Å². The maximum absolute atomic E-state index is 11.8. The van der Waals surface area contributed by atoms with Crippen LogP contribution >= 0.6 is 0 Å². The molecule has 0 aliphatic carbocycles. The van der Waals surface area contributed by atoms with Gasteiger partial charge in [0.25, 0.3) is 0 Å². The number of sulfone groups is 1. The van der Waals surface area contributed by atoms with E-state index in [1.54, 1.807) is 19.3 Å². The maximum atomic E-state index is 11.8. The van der Waals surface area contributed by atoms with Crippen LogP contribution < -0.4 is 5.32 Å². The fourth-order valence-corrected chi connectivity index (χ4v) is 3.29. The van der Waals surface area contributed by atoms with Crippen LogP contribution in [0.25, 0.3) is 0 Å². The highest BCUT2D eigenvalue weighted by atomic mass is 32.2. The molecule has 1 aromatic carbocycles. The van der Waals surface area contributed by atoms with E-state index in [1.807, 2.05) is 44.2 Å².